The molecular weight excluding hydrogens is 242 g/mol. The highest BCUT2D eigenvalue weighted by atomic mass is 16.5. The number of piperidine rings is 1. The van der Waals surface area contributed by atoms with E-state index in [2.05, 4.69) is 4.90 Å². The summed E-state index contributed by atoms with van der Waals surface area (Å²) in [6.45, 7) is 4.34. The first-order valence-corrected chi connectivity index (χ1v) is 6.87. The number of nitrogens with zero attached hydrogens (tertiary/aromatic N) is 1. The number of benzene rings is 1. The number of anilines is 1. The van der Waals surface area contributed by atoms with E-state index in [1.54, 1.807) is 19.1 Å². The molecule has 0 aromatic heterocycles. The number of hydrogen-bond acceptors (Lipinski definition) is 4. The number of rotatable bonds is 4. The maximum absolute atomic E-state index is 11.6. The van der Waals surface area contributed by atoms with Gasteiger partial charge in [-0.05, 0) is 49.9 Å². The number of carbonyl (C=O) groups is 1. The van der Waals surface area contributed by atoms with Gasteiger partial charge in [-0.25, -0.2) is 4.79 Å². The monoisotopic (exact) mass is 263 g/mol. The molecule has 104 valence electrons. The van der Waals surface area contributed by atoms with Crippen LogP contribution in [-0.4, -0.2) is 37.4 Å². The van der Waals surface area contributed by atoms with E-state index in [1.165, 1.54) is 0 Å². The Morgan fingerprint density at radius 1 is 1.42 bits per heavy atom. The summed E-state index contributed by atoms with van der Waals surface area (Å²) in [6.07, 6.45) is 2.19. The fourth-order valence-electron chi connectivity index (χ4n) is 2.47. The molecule has 1 aliphatic heterocycles. The molecule has 1 aromatic rings. The molecule has 1 heterocycles. The van der Waals surface area contributed by atoms with Crippen molar-refractivity contribution < 1.29 is 14.6 Å². The lowest BCUT2D eigenvalue weighted by molar-refractivity contribution is 0.0526. The number of esters is 1. The second-order valence-electron chi connectivity index (χ2n) is 4.90. The summed E-state index contributed by atoms with van der Waals surface area (Å²) in [4.78, 5) is 13.8. The lowest BCUT2D eigenvalue weighted by Crippen LogP contribution is -2.36. The average Bonchev–Trinajstić information content (AvgIpc) is 2.48. The lowest BCUT2D eigenvalue weighted by atomic mass is 9.98. The molecule has 1 N–H and O–H groups in total. The quantitative estimate of drug-likeness (QED) is 0.845. The predicted molar refractivity (Wildman–Crippen MR) is 74.4 cm³/mol. The summed E-state index contributed by atoms with van der Waals surface area (Å²) in [5, 5.41) is 9.24. The summed E-state index contributed by atoms with van der Waals surface area (Å²) in [6, 6.07) is 7.50. The van der Waals surface area contributed by atoms with Crippen molar-refractivity contribution in [3.63, 3.8) is 0 Å². The van der Waals surface area contributed by atoms with Gasteiger partial charge in [0.15, 0.2) is 0 Å². The van der Waals surface area contributed by atoms with E-state index in [1.807, 2.05) is 12.1 Å². The molecule has 1 aromatic carbocycles. The van der Waals surface area contributed by atoms with Crippen LogP contribution in [-0.2, 0) is 4.74 Å². The van der Waals surface area contributed by atoms with Gasteiger partial charge in [-0.3, -0.25) is 0 Å². The van der Waals surface area contributed by atoms with Crippen molar-refractivity contribution in [1.82, 2.24) is 0 Å². The number of hydrogen-bond donors (Lipinski definition) is 1. The van der Waals surface area contributed by atoms with Crippen molar-refractivity contribution in [2.45, 2.75) is 19.8 Å². The summed E-state index contributed by atoms with van der Waals surface area (Å²) in [5.41, 5.74) is 1.69. The minimum atomic E-state index is -0.277. The second kappa shape index (κ2) is 6.57. The third kappa shape index (κ3) is 3.47. The summed E-state index contributed by atoms with van der Waals surface area (Å²) >= 11 is 0. The van der Waals surface area contributed by atoms with Gasteiger partial charge in [0.05, 0.1) is 12.2 Å². The van der Waals surface area contributed by atoms with Crippen molar-refractivity contribution in [3.8, 4) is 0 Å². The summed E-state index contributed by atoms with van der Waals surface area (Å²) in [5.74, 6) is 0.0828. The standard InChI is InChI=1S/C15H21NO3/c1-2-19-15(18)13-5-7-14(8-6-13)16-9-3-4-12(10-16)11-17/h5-8,12,17H,2-4,9-11H2,1H3/t12-/m1/s1. The van der Waals surface area contributed by atoms with E-state index in [9.17, 15) is 9.90 Å². The molecule has 1 saturated heterocycles. The van der Waals surface area contributed by atoms with Crippen LogP contribution in [0.15, 0.2) is 24.3 Å². The topological polar surface area (TPSA) is 49.8 Å². The Balaban J connectivity index is 2.03. The highest BCUT2D eigenvalue weighted by molar-refractivity contribution is 5.89. The van der Waals surface area contributed by atoms with Crippen molar-refractivity contribution in [2.75, 3.05) is 31.2 Å². The molecule has 1 aliphatic rings. The van der Waals surface area contributed by atoms with Gasteiger partial charge in [-0.1, -0.05) is 0 Å². The number of aliphatic hydroxyl groups is 1. The summed E-state index contributed by atoms with van der Waals surface area (Å²) < 4.78 is 4.96. The van der Waals surface area contributed by atoms with Gasteiger partial charge in [-0.2, -0.15) is 0 Å². The highest BCUT2D eigenvalue weighted by Gasteiger charge is 2.19. The largest absolute Gasteiger partial charge is 0.462 e. The molecule has 1 atom stereocenters. The zero-order valence-corrected chi connectivity index (χ0v) is 11.3. The highest BCUT2D eigenvalue weighted by Crippen LogP contribution is 2.23. The van der Waals surface area contributed by atoms with Crippen LogP contribution in [0.25, 0.3) is 0 Å². The maximum atomic E-state index is 11.6. The van der Waals surface area contributed by atoms with Crippen LogP contribution in [0.5, 0.6) is 0 Å². The van der Waals surface area contributed by atoms with Gasteiger partial charge >= 0.3 is 5.97 Å². The zero-order valence-electron chi connectivity index (χ0n) is 11.3. The molecule has 0 radical (unpaired) electrons. The fraction of sp³-hybridized carbons (Fsp3) is 0.533. The van der Waals surface area contributed by atoms with Crippen LogP contribution in [0.2, 0.25) is 0 Å². The first kappa shape index (κ1) is 13.9. The van der Waals surface area contributed by atoms with E-state index in [4.69, 9.17) is 4.74 Å². The van der Waals surface area contributed by atoms with Crippen LogP contribution < -0.4 is 4.90 Å². The van der Waals surface area contributed by atoms with Crippen molar-refractivity contribution in [2.24, 2.45) is 5.92 Å². The molecule has 0 aliphatic carbocycles. The Morgan fingerprint density at radius 2 is 2.16 bits per heavy atom. The van der Waals surface area contributed by atoms with Crippen LogP contribution in [0.1, 0.15) is 30.1 Å². The molecule has 19 heavy (non-hydrogen) atoms. The van der Waals surface area contributed by atoms with Gasteiger partial charge in [0, 0.05) is 25.4 Å². The molecule has 2 rings (SSSR count). The van der Waals surface area contributed by atoms with Crippen molar-refractivity contribution >= 4 is 11.7 Å². The Bertz CT molecular complexity index is 416. The summed E-state index contributed by atoms with van der Waals surface area (Å²) in [7, 11) is 0. The van der Waals surface area contributed by atoms with Gasteiger partial charge < -0.3 is 14.7 Å². The van der Waals surface area contributed by atoms with Gasteiger partial charge in [0.25, 0.3) is 0 Å². The normalized spacial score (nSPS) is 19.3. The number of ether oxygens (including phenoxy) is 1. The van der Waals surface area contributed by atoms with Gasteiger partial charge in [0.2, 0.25) is 0 Å². The molecule has 0 amide bonds. The van der Waals surface area contributed by atoms with Crippen LogP contribution in [0.3, 0.4) is 0 Å². The minimum Gasteiger partial charge on any atom is -0.462 e. The fourth-order valence-corrected chi connectivity index (χ4v) is 2.47. The SMILES string of the molecule is CCOC(=O)c1ccc(N2CCC[C@@H](CO)C2)cc1. The number of aliphatic hydroxyl groups excluding tert-OH is 1. The van der Waals surface area contributed by atoms with E-state index >= 15 is 0 Å². The average molecular weight is 263 g/mol. The van der Waals surface area contributed by atoms with E-state index < -0.39 is 0 Å². The van der Waals surface area contributed by atoms with Crippen LogP contribution >= 0.6 is 0 Å². The third-order valence-corrected chi connectivity index (χ3v) is 3.52. The van der Waals surface area contributed by atoms with Crippen molar-refractivity contribution in [1.29, 1.82) is 0 Å². The third-order valence-electron chi connectivity index (χ3n) is 3.52. The molecule has 0 saturated carbocycles. The second-order valence-corrected chi connectivity index (χ2v) is 4.90. The Kier molecular flexibility index (Phi) is 4.80. The number of carbonyl (C=O) groups excluding carboxylic acids is 1. The predicted octanol–water partition coefficient (Wildman–Crippen LogP) is 2.07. The molecule has 0 spiro atoms. The minimum absolute atomic E-state index is 0.247. The molecular formula is C15H21NO3. The molecule has 1 fully saturated rings. The smallest absolute Gasteiger partial charge is 0.338 e. The Morgan fingerprint density at radius 3 is 2.79 bits per heavy atom. The lowest BCUT2D eigenvalue weighted by Gasteiger charge is -2.33. The first-order valence-electron chi connectivity index (χ1n) is 6.87. The van der Waals surface area contributed by atoms with Crippen LogP contribution in [0.4, 0.5) is 5.69 Å². The van der Waals surface area contributed by atoms with E-state index in [0.29, 0.717) is 18.1 Å². The zero-order chi connectivity index (χ0) is 13.7. The van der Waals surface area contributed by atoms with E-state index in [0.717, 1.165) is 31.6 Å². The molecule has 0 unspecified atom stereocenters. The van der Waals surface area contributed by atoms with Crippen LogP contribution in [0, 0.1) is 5.92 Å². The van der Waals surface area contributed by atoms with Gasteiger partial charge in [-0.15, -0.1) is 0 Å². The van der Waals surface area contributed by atoms with Crippen molar-refractivity contribution in [3.05, 3.63) is 29.8 Å². The molecule has 4 heteroatoms. The molecule has 0 bridgehead atoms. The van der Waals surface area contributed by atoms with Gasteiger partial charge in [0.1, 0.15) is 0 Å². The first-order chi connectivity index (χ1) is 9.24. The maximum Gasteiger partial charge on any atom is 0.338 e. The molecule has 4 nitrogen and oxygen atoms in total. The Labute approximate surface area is 114 Å². The van der Waals surface area contributed by atoms with E-state index in [-0.39, 0.29) is 12.6 Å². The Hall–Kier alpha value is -1.55.